The van der Waals surface area contributed by atoms with Crippen molar-refractivity contribution in [3.63, 3.8) is 0 Å². The van der Waals surface area contributed by atoms with E-state index in [-0.39, 0.29) is 13.0 Å². The number of carbonyl (C=O) groups is 1. The van der Waals surface area contributed by atoms with Gasteiger partial charge in [0, 0.05) is 6.61 Å². The topological polar surface area (TPSA) is 132 Å². The molecule has 0 rings (SSSR count). The maximum Gasteiger partial charge on any atom is 0.472 e. The molecule has 0 saturated heterocycles. The van der Waals surface area contributed by atoms with E-state index in [2.05, 4.69) is 105 Å². The summed E-state index contributed by atoms with van der Waals surface area (Å²) >= 11 is 0. The Bertz CT molecular complexity index is 1290. The largest absolute Gasteiger partial charge is 0.472 e. The molecule has 3 atom stereocenters. The molecule has 3 unspecified atom stereocenters. The molecule has 0 aromatic heterocycles. The van der Waals surface area contributed by atoms with Crippen LogP contribution < -0.4 is 0 Å². The summed E-state index contributed by atoms with van der Waals surface area (Å²) in [5.74, 6) is -0.514. The highest BCUT2D eigenvalue weighted by Gasteiger charge is 2.26. The minimum absolute atomic E-state index is 0.000113. The Hall–Kier alpha value is -2.88. The molecule has 0 radical (unpaired) electrons. The standard InChI is InChI=1S/C50H83O9P/c1-3-5-7-9-11-13-15-17-19-20-21-22-23-24-25-26-27-29-31-33-35-37-39-41-43-56-46-49(47-58-60(54,55)57-45-48(52)44-51)59-50(53)42-40-38-36-34-32-30-28-18-16-14-12-10-8-6-4-2/h5-8,11-14,17-19,21-22,28,32,34,38,40,48-49,51-52H,3-4,9-10,15-16,20,23-27,29-31,33,35-37,39,41-47H2,1-2H3,(H,54,55)/b7-5-,8-6-,13-11-,14-12-,19-17-,22-21-,28-18-,34-32-,40-38-. The highest BCUT2D eigenvalue weighted by molar-refractivity contribution is 7.47. The summed E-state index contributed by atoms with van der Waals surface area (Å²) in [6.07, 6.45) is 59.4. The fourth-order valence-corrected chi connectivity index (χ4v) is 6.39. The second kappa shape index (κ2) is 45.6. The van der Waals surface area contributed by atoms with Crippen LogP contribution in [0.25, 0.3) is 0 Å². The summed E-state index contributed by atoms with van der Waals surface area (Å²) < 4.78 is 33.3. The molecular weight excluding hydrogens is 776 g/mol. The van der Waals surface area contributed by atoms with Crippen molar-refractivity contribution >= 4 is 13.8 Å². The van der Waals surface area contributed by atoms with Crippen molar-refractivity contribution in [2.75, 3.05) is 33.0 Å². The van der Waals surface area contributed by atoms with Crippen LogP contribution in [0.2, 0.25) is 0 Å². The molecule has 0 spiro atoms. The second-order valence-corrected chi connectivity index (χ2v) is 16.1. The van der Waals surface area contributed by atoms with Crippen LogP contribution in [-0.2, 0) is 27.9 Å². The van der Waals surface area contributed by atoms with Crippen molar-refractivity contribution in [2.24, 2.45) is 0 Å². The van der Waals surface area contributed by atoms with Crippen LogP contribution in [0, 0.1) is 0 Å². The lowest BCUT2D eigenvalue weighted by Gasteiger charge is -2.20. The van der Waals surface area contributed by atoms with E-state index >= 15 is 0 Å². The summed E-state index contributed by atoms with van der Waals surface area (Å²) in [5.41, 5.74) is 0. The van der Waals surface area contributed by atoms with Gasteiger partial charge >= 0.3 is 13.8 Å². The Morgan fingerprint density at radius 2 is 0.900 bits per heavy atom. The Kier molecular flexibility index (Phi) is 43.5. The van der Waals surface area contributed by atoms with E-state index in [9.17, 15) is 19.4 Å². The van der Waals surface area contributed by atoms with Gasteiger partial charge in [-0.1, -0.05) is 181 Å². The van der Waals surface area contributed by atoms with Crippen molar-refractivity contribution in [3.05, 3.63) is 109 Å². The Balaban J connectivity index is 4.21. The zero-order valence-electron chi connectivity index (χ0n) is 37.4. The van der Waals surface area contributed by atoms with Gasteiger partial charge in [0.05, 0.1) is 32.8 Å². The predicted octanol–water partition coefficient (Wildman–Crippen LogP) is 13.0. The zero-order chi connectivity index (χ0) is 43.9. The quantitative estimate of drug-likeness (QED) is 0.0238. The van der Waals surface area contributed by atoms with Gasteiger partial charge in [-0.15, -0.1) is 0 Å². The SMILES string of the molecule is CC/C=C\C/C=C\C/C=C\C/C=C\C/C=C\CC(=O)OC(COCCCCCCCCCCCCC/C=C\C/C=C\C/C=C\C/C=C\CC)COP(=O)(O)OCC(O)CO. The number of hydrogen-bond acceptors (Lipinski definition) is 8. The monoisotopic (exact) mass is 859 g/mol. The molecule has 10 heteroatoms. The van der Waals surface area contributed by atoms with Gasteiger partial charge in [0.25, 0.3) is 0 Å². The lowest BCUT2D eigenvalue weighted by atomic mass is 10.1. The van der Waals surface area contributed by atoms with E-state index in [0.29, 0.717) is 13.0 Å². The number of esters is 1. The highest BCUT2D eigenvalue weighted by Crippen LogP contribution is 2.43. The number of phosphoric acid groups is 1. The second-order valence-electron chi connectivity index (χ2n) is 14.7. The summed E-state index contributed by atoms with van der Waals surface area (Å²) in [6, 6.07) is 0. The van der Waals surface area contributed by atoms with Crippen LogP contribution in [0.15, 0.2) is 109 Å². The van der Waals surface area contributed by atoms with Crippen LogP contribution in [0.5, 0.6) is 0 Å². The van der Waals surface area contributed by atoms with Gasteiger partial charge in [-0.25, -0.2) is 4.57 Å². The van der Waals surface area contributed by atoms with Crippen LogP contribution in [0.4, 0.5) is 0 Å². The fourth-order valence-electron chi connectivity index (χ4n) is 5.60. The van der Waals surface area contributed by atoms with Crippen molar-refractivity contribution in [2.45, 2.75) is 167 Å². The number of aliphatic hydroxyl groups excluding tert-OH is 2. The first-order chi connectivity index (χ1) is 29.3. The lowest BCUT2D eigenvalue weighted by Crippen LogP contribution is -2.28. The molecule has 0 aromatic rings. The number of rotatable bonds is 42. The van der Waals surface area contributed by atoms with E-state index in [4.69, 9.17) is 23.6 Å². The number of ether oxygens (including phenoxy) is 2. The first-order valence-corrected chi connectivity index (χ1v) is 24.4. The van der Waals surface area contributed by atoms with E-state index in [1.165, 1.54) is 57.8 Å². The van der Waals surface area contributed by atoms with Gasteiger partial charge in [0.15, 0.2) is 0 Å². The van der Waals surface area contributed by atoms with E-state index in [1.807, 2.05) is 12.2 Å². The van der Waals surface area contributed by atoms with Gasteiger partial charge in [-0.3, -0.25) is 13.8 Å². The molecule has 0 saturated carbocycles. The van der Waals surface area contributed by atoms with Gasteiger partial charge in [0.1, 0.15) is 12.2 Å². The van der Waals surface area contributed by atoms with E-state index in [0.717, 1.165) is 70.6 Å². The van der Waals surface area contributed by atoms with Gasteiger partial charge < -0.3 is 24.6 Å². The molecule has 0 bridgehead atoms. The molecule has 0 aliphatic rings. The lowest BCUT2D eigenvalue weighted by molar-refractivity contribution is -0.153. The minimum Gasteiger partial charge on any atom is -0.457 e. The molecule has 3 N–H and O–H groups in total. The number of allylic oxidation sites excluding steroid dienone is 17. The van der Waals surface area contributed by atoms with Crippen LogP contribution in [-0.4, -0.2) is 66.3 Å². The van der Waals surface area contributed by atoms with Crippen LogP contribution in [0.1, 0.15) is 155 Å². The Morgan fingerprint density at radius 1 is 0.517 bits per heavy atom. The van der Waals surface area contributed by atoms with Crippen molar-refractivity contribution in [3.8, 4) is 0 Å². The van der Waals surface area contributed by atoms with Gasteiger partial charge in [-0.2, -0.15) is 0 Å². The third-order valence-electron chi connectivity index (χ3n) is 8.99. The average molecular weight is 859 g/mol. The molecule has 0 heterocycles. The maximum atomic E-state index is 12.6. The summed E-state index contributed by atoms with van der Waals surface area (Å²) in [7, 11) is -4.55. The summed E-state index contributed by atoms with van der Waals surface area (Å²) in [5, 5.41) is 18.4. The van der Waals surface area contributed by atoms with Gasteiger partial charge in [-0.05, 0) is 77.0 Å². The molecule has 0 amide bonds. The fraction of sp³-hybridized carbons (Fsp3) is 0.620. The number of aliphatic hydroxyl groups is 2. The Labute approximate surface area is 365 Å². The zero-order valence-corrected chi connectivity index (χ0v) is 38.3. The summed E-state index contributed by atoms with van der Waals surface area (Å²) in [4.78, 5) is 22.5. The first-order valence-electron chi connectivity index (χ1n) is 22.9. The van der Waals surface area contributed by atoms with Crippen molar-refractivity contribution in [1.29, 1.82) is 0 Å². The van der Waals surface area contributed by atoms with E-state index in [1.54, 1.807) is 6.08 Å². The minimum atomic E-state index is -4.55. The smallest absolute Gasteiger partial charge is 0.457 e. The van der Waals surface area contributed by atoms with Crippen LogP contribution >= 0.6 is 7.82 Å². The number of hydrogen-bond donors (Lipinski definition) is 3. The molecule has 0 aliphatic heterocycles. The van der Waals surface area contributed by atoms with Crippen molar-refractivity contribution < 1.29 is 43.0 Å². The molecule has 60 heavy (non-hydrogen) atoms. The molecule has 342 valence electrons. The molecule has 0 fully saturated rings. The number of unbranched alkanes of at least 4 members (excludes halogenated alkanes) is 11. The average Bonchev–Trinajstić information content (AvgIpc) is 3.24. The Morgan fingerprint density at radius 3 is 1.35 bits per heavy atom. The number of phosphoric ester groups is 1. The molecule has 0 aliphatic carbocycles. The van der Waals surface area contributed by atoms with Crippen molar-refractivity contribution in [1.82, 2.24) is 0 Å². The van der Waals surface area contributed by atoms with Crippen LogP contribution in [0.3, 0.4) is 0 Å². The van der Waals surface area contributed by atoms with E-state index < -0.39 is 45.8 Å². The first kappa shape index (κ1) is 57.1. The highest BCUT2D eigenvalue weighted by atomic mass is 31.2. The third-order valence-corrected chi connectivity index (χ3v) is 9.94. The summed E-state index contributed by atoms with van der Waals surface area (Å²) in [6.45, 7) is 3.12. The normalized spacial score (nSPS) is 14.9. The molecule has 0 aromatic carbocycles. The van der Waals surface area contributed by atoms with Gasteiger partial charge in [0.2, 0.25) is 0 Å². The molecular formula is C50H83O9P. The molecule has 9 nitrogen and oxygen atoms in total. The third kappa shape index (κ3) is 44.7. The maximum absolute atomic E-state index is 12.6. The predicted molar refractivity (Wildman–Crippen MR) is 251 cm³/mol. The number of carbonyl (C=O) groups excluding carboxylic acids is 1.